The predicted molar refractivity (Wildman–Crippen MR) is 119 cm³/mol. The summed E-state index contributed by atoms with van der Waals surface area (Å²) in [5.74, 6) is -0.596. The van der Waals surface area contributed by atoms with E-state index in [1.807, 2.05) is 54.8 Å². The standard InChI is InChI=1S/C25H21NO4S/c1-15-4-2-5-17(12-15)22-21(23(27)18-7-8-20-16(13-18)9-10-30-20)24(28)25(29)26(22)14-19-6-3-11-31-19/h2-8,11-13,22,27H,9-10,14H2,1H3/b23-21-. The number of fused-ring (bicyclic) bond motifs is 1. The molecule has 1 atom stereocenters. The molecule has 0 saturated carbocycles. The molecule has 6 heteroatoms. The molecule has 0 radical (unpaired) electrons. The Hall–Kier alpha value is -3.38. The summed E-state index contributed by atoms with van der Waals surface area (Å²) in [4.78, 5) is 28.7. The fraction of sp³-hybridized carbons (Fsp3) is 0.200. The van der Waals surface area contributed by atoms with Crippen molar-refractivity contribution in [2.75, 3.05) is 6.61 Å². The number of ether oxygens (including phenoxy) is 1. The Kier molecular flexibility index (Phi) is 4.87. The Labute approximate surface area is 184 Å². The zero-order chi connectivity index (χ0) is 21.5. The molecule has 1 aromatic heterocycles. The molecule has 1 amide bonds. The van der Waals surface area contributed by atoms with Crippen LogP contribution in [0.4, 0.5) is 0 Å². The summed E-state index contributed by atoms with van der Waals surface area (Å²) in [5.41, 5.74) is 3.47. The highest BCUT2D eigenvalue weighted by molar-refractivity contribution is 7.09. The van der Waals surface area contributed by atoms with Crippen molar-refractivity contribution >= 4 is 28.8 Å². The van der Waals surface area contributed by atoms with Crippen LogP contribution >= 0.6 is 11.3 Å². The number of carbonyl (C=O) groups excluding carboxylic acids is 2. The van der Waals surface area contributed by atoms with E-state index >= 15 is 0 Å². The van der Waals surface area contributed by atoms with Gasteiger partial charge in [-0.3, -0.25) is 9.59 Å². The lowest BCUT2D eigenvalue weighted by Gasteiger charge is -2.25. The van der Waals surface area contributed by atoms with E-state index in [4.69, 9.17) is 4.74 Å². The molecule has 3 aromatic rings. The highest BCUT2D eigenvalue weighted by atomic mass is 32.1. The normalized spacial score (nSPS) is 19.5. The second-order valence-electron chi connectivity index (χ2n) is 7.84. The predicted octanol–water partition coefficient (Wildman–Crippen LogP) is 4.61. The monoisotopic (exact) mass is 431 g/mol. The number of thiophene rings is 1. The summed E-state index contributed by atoms with van der Waals surface area (Å²) in [5, 5.41) is 13.2. The molecule has 5 rings (SSSR count). The van der Waals surface area contributed by atoms with Gasteiger partial charge in [-0.05, 0) is 47.7 Å². The molecule has 2 aliphatic rings. The van der Waals surface area contributed by atoms with Crippen molar-refractivity contribution in [1.29, 1.82) is 0 Å². The Bertz CT molecular complexity index is 1210. The summed E-state index contributed by atoms with van der Waals surface area (Å²) in [7, 11) is 0. The number of nitrogens with zero attached hydrogens (tertiary/aromatic N) is 1. The lowest BCUT2D eigenvalue weighted by Crippen LogP contribution is -2.28. The molecule has 5 nitrogen and oxygen atoms in total. The number of hydrogen-bond acceptors (Lipinski definition) is 5. The Balaban J connectivity index is 1.65. The van der Waals surface area contributed by atoms with Crippen LogP contribution in [0.1, 0.15) is 33.2 Å². The van der Waals surface area contributed by atoms with Gasteiger partial charge in [-0.1, -0.05) is 35.9 Å². The van der Waals surface area contributed by atoms with Gasteiger partial charge in [0.05, 0.1) is 24.8 Å². The van der Waals surface area contributed by atoms with E-state index in [0.717, 1.165) is 33.7 Å². The van der Waals surface area contributed by atoms with Crippen LogP contribution in [0.3, 0.4) is 0 Å². The van der Waals surface area contributed by atoms with E-state index in [2.05, 4.69) is 0 Å². The Morgan fingerprint density at radius 1 is 1.16 bits per heavy atom. The maximum absolute atomic E-state index is 13.1. The summed E-state index contributed by atoms with van der Waals surface area (Å²) in [6, 6.07) is 16.3. The van der Waals surface area contributed by atoms with E-state index in [1.54, 1.807) is 17.0 Å². The summed E-state index contributed by atoms with van der Waals surface area (Å²) < 4.78 is 5.55. The molecular formula is C25H21NO4S. The average molecular weight is 432 g/mol. The first-order valence-electron chi connectivity index (χ1n) is 10.2. The SMILES string of the molecule is Cc1cccc(C2/C(=C(/O)c3ccc4c(c3)CCO4)C(=O)C(=O)N2Cc2cccs2)c1. The van der Waals surface area contributed by atoms with Gasteiger partial charge in [0.2, 0.25) is 0 Å². The molecule has 0 bridgehead atoms. The molecule has 1 saturated heterocycles. The highest BCUT2D eigenvalue weighted by Crippen LogP contribution is 2.41. The van der Waals surface area contributed by atoms with Crippen molar-refractivity contribution in [1.82, 2.24) is 4.90 Å². The number of aliphatic hydroxyl groups excluding tert-OH is 1. The molecule has 0 aliphatic carbocycles. The molecule has 2 aliphatic heterocycles. The Morgan fingerprint density at radius 2 is 2.03 bits per heavy atom. The van der Waals surface area contributed by atoms with Crippen molar-refractivity contribution in [3.63, 3.8) is 0 Å². The largest absolute Gasteiger partial charge is 0.507 e. The van der Waals surface area contributed by atoms with Gasteiger partial charge in [0, 0.05) is 16.9 Å². The van der Waals surface area contributed by atoms with Crippen LogP contribution in [-0.4, -0.2) is 28.3 Å². The van der Waals surface area contributed by atoms with Gasteiger partial charge in [0.25, 0.3) is 11.7 Å². The van der Waals surface area contributed by atoms with Crippen LogP contribution in [-0.2, 0) is 22.6 Å². The zero-order valence-corrected chi connectivity index (χ0v) is 17.8. The van der Waals surface area contributed by atoms with Crippen LogP contribution in [0.5, 0.6) is 5.75 Å². The van der Waals surface area contributed by atoms with E-state index in [0.29, 0.717) is 18.7 Å². The minimum atomic E-state index is -0.655. The van der Waals surface area contributed by atoms with Gasteiger partial charge >= 0.3 is 0 Å². The minimum Gasteiger partial charge on any atom is -0.507 e. The number of carbonyl (C=O) groups is 2. The number of rotatable bonds is 4. The van der Waals surface area contributed by atoms with Gasteiger partial charge in [0.1, 0.15) is 11.5 Å². The first-order chi connectivity index (χ1) is 15.0. The number of Topliss-reactive ketones (excluding diaryl/α,β-unsaturated/α-hetero) is 1. The van der Waals surface area contributed by atoms with Crippen molar-refractivity contribution in [3.05, 3.63) is 92.7 Å². The fourth-order valence-corrected chi connectivity index (χ4v) is 4.99. The number of aliphatic hydroxyl groups is 1. The first-order valence-corrected chi connectivity index (χ1v) is 11.0. The topological polar surface area (TPSA) is 66.8 Å². The van der Waals surface area contributed by atoms with Crippen molar-refractivity contribution in [3.8, 4) is 5.75 Å². The van der Waals surface area contributed by atoms with E-state index in [1.165, 1.54) is 11.3 Å². The van der Waals surface area contributed by atoms with Crippen molar-refractivity contribution < 1.29 is 19.4 Å². The van der Waals surface area contributed by atoms with Crippen molar-refractivity contribution in [2.45, 2.75) is 25.9 Å². The molecule has 156 valence electrons. The number of ketones is 1. The van der Waals surface area contributed by atoms with E-state index < -0.39 is 17.7 Å². The summed E-state index contributed by atoms with van der Waals surface area (Å²) in [6.45, 7) is 2.89. The molecule has 1 N–H and O–H groups in total. The minimum absolute atomic E-state index is 0.131. The molecule has 2 aromatic carbocycles. The molecule has 0 spiro atoms. The van der Waals surface area contributed by atoms with Gasteiger partial charge in [-0.2, -0.15) is 0 Å². The van der Waals surface area contributed by atoms with Gasteiger partial charge < -0.3 is 14.7 Å². The van der Waals surface area contributed by atoms with Gasteiger partial charge in [-0.25, -0.2) is 0 Å². The van der Waals surface area contributed by atoms with Crippen molar-refractivity contribution in [2.24, 2.45) is 0 Å². The van der Waals surface area contributed by atoms with E-state index in [-0.39, 0.29) is 11.3 Å². The molecule has 3 heterocycles. The number of amides is 1. The Morgan fingerprint density at radius 3 is 2.81 bits per heavy atom. The van der Waals surface area contributed by atoms with Gasteiger partial charge in [-0.15, -0.1) is 11.3 Å². The highest BCUT2D eigenvalue weighted by Gasteiger charge is 2.46. The van der Waals surface area contributed by atoms with Crippen LogP contribution in [0.2, 0.25) is 0 Å². The number of aryl methyl sites for hydroxylation is 1. The zero-order valence-electron chi connectivity index (χ0n) is 17.0. The summed E-state index contributed by atoms with van der Waals surface area (Å²) >= 11 is 1.54. The second kappa shape index (κ2) is 7.71. The van der Waals surface area contributed by atoms with Crippen LogP contribution < -0.4 is 4.74 Å². The van der Waals surface area contributed by atoms with Gasteiger partial charge in [0.15, 0.2) is 0 Å². The third-order valence-electron chi connectivity index (χ3n) is 5.77. The fourth-order valence-electron chi connectivity index (χ4n) is 4.29. The maximum atomic E-state index is 13.1. The molecular weight excluding hydrogens is 410 g/mol. The first kappa shape index (κ1) is 19.6. The average Bonchev–Trinajstić information content (AvgIpc) is 3.50. The summed E-state index contributed by atoms with van der Waals surface area (Å²) in [6.07, 6.45) is 0.754. The molecule has 1 unspecified atom stereocenters. The lowest BCUT2D eigenvalue weighted by molar-refractivity contribution is -0.140. The quantitative estimate of drug-likeness (QED) is 0.372. The van der Waals surface area contributed by atoms with Crippen LogP contribution in [0.15, 0.2) is 65.6 Å². The number of benzene rings is 2. The number of likely N-dealkylation sites (tertiary alicyclic amines) is 1. The lowest BCUT2D eigenvalue weighted by atomic mass is 9.94. The van der Waals surface area contributed by atoms with E-state index in [9.17, 15) is 14.7 Å². The van der Waals surface area contributed by atoms with Crippen LogP contribution in [0.25, 0.3) is 5.76 Å². The number of hydrogen-bond donors (Lipinski definition) is 1. The molecule has 31 heavy (non-hydrogen) atoms. The van der Waals surface area contributed by atoms with Crippen LogP contribution in [0, 0.1) is 6.92 Å². The molecule has 1 fully saturated rings. The second-order valence-corrected chi connectivity index (χ2v) is 8.87. The maximum Gasteiger partial charge on any atom is 0.295 e. The third kappa shape index (κ3) is 3.43. The third-order valence-corrected chi connectivity index (χ3v) is 6.63. The smallest absolute Gasteiger partial charge is 0.295 e.